The van der Waals surface area contributed by atoms with Gasteiger partial charge in [-0.05, 0) is 30.3 Å². The average molecular weight is 375 g/mol. The zero-order chi connectivity index (χ0) is 18.5. The van der Waals surface area contributed by atoms with Crippen LogP contribution in [-0.2, 0) is 0 Å². The number of aromatic nitrogens is 3. The van der Waals surface area contributed by atoms with E-state index < -0.39 is 0 Å². The van der Waals surface area contributed by atoms with E-state index in [-0.39, 0.29) is 0 Å². The minimum atomic E-state index is 0.576. The number of halogens is 1. The molecule has 0 aliphatic rings. The number of pyridine rings is 1. The Hall–Kier alpha value is -3.51. The summed E-state index contributed by atoms with van der Waals surface area (Å²) in [6.07, 6.45) is 5.13. The number of nitrogens with one attached hydrogen (secondary N) is 2. The summed E-state index contributed by atoms with van der Waals surface area (Å²) in [6.45, 7) is 0. The molecular weight excluding hydrogens is 360 g/mol. The number of rotatable bonds is 5. The Morgan fingerprint density at radius 3 is 2.33 bits per heavy atom. The molecule has 4 aromatic rings. The lowest BCUT2D eigenvalue weighted by Gasteiger charge is -2.10. The van der Waals surface area contributed by atoms with Crippen molar-refractivity contribution in [3.63, 3.8) is 0 Å². The maximum atomic E-state index is 5.94. The Labute approximate surface area is 160 Å². The average Bonchev–Trinajstić information content (AvgIpc) is 2.72. The van der Waals surface area contributed by atoms with Crippen molar-refractivity contribution in [3.8, 4) is 0 Å². The highest BCUT2D eigenvalue weighted by molar-refractivity contribution is 6.30. The minimum absolute atomic E-state index is 0.576. The van der Waals surface area contributed by atoms with Crippen LogP contribution in [0.4, 0.5) is 17.3 Å². The van der Waals surface area contributed by atoms with Crippen molar-refractivity contribution in [1.82, 2.24) is 15.2 Å². The van der Waals surface area contributed by atoms with Crippen LogP contribution in [-0.4, -0.2) is 21.4 Å². The van der Waals surface area contributed by atoms with Gasteiger partial charge < -0.3 is 5.32 Å². The lowest BCUT2D eigenvalue weighted by Crippen LogP contribution is -2.01. The van der Waals surface area contributed by atoms with Crippen LogP contribution in [0.2, 0.25) is 5.02 Å². The van der Waals surface area contributed by atoms with E-state index in [0.29, 0.717) is 16.7 Å². The summed E-state index contributed by atoms with van der Waals surface area (Å²) >= 11 is 5.94. The third-order valence-corrected chi connectivity index (χ3v) is 4.11. The van der Waals surface area contributed by atoms with Gasteiger partial charge >= 0.3 is 0 Å². The highest BCUT2D eigenvalue weighted by Crippen LogP contribution is 2.28. The molecule has 0 atom stereocenters. The maximum Gasteiger partial charge on any atom is 0.176 e. The number of nitrogens with zero attached hydrogens (tertiary/aromatic N) is 4. The van der Waals surface area contributed by atoms with E-state index in [1.165, 1.54) is 0 Å². The van der Waals surface area contributed by atoms with Crippen LogP contribution in [0.3, 0.4) is 0 Å². The van der Waals surface area contributed by atoms with Crippen LogP contribution in [0.1, 0.15) is 5.56 Å². The number of anilines is 3. The summed E-state index contributed by atoms with van der Waals surface area (Å²) in [5.74, 6) is 1.24. The van der Waals surface area contributed by atoms with E-state index in [1.54, 1.807) is 18.6 Å². The second-order valence-electron chi connectivity index (χ2n) is 5.73. The molecule has 0 aliphatic carbocycles. The third-order valence-electron chi connectivity index (χ3n) is 3.86. The van der Waals surface area contributed by atoms with Gasteiger partial charge in [-0.2, -0.15) is 5.10 Å². The van der Waals surface area contributed by atoms with Gasteiger partial charge in [0, 0.05) is 39.4 Å². The van der Waals surface area contributed by atoms with Crippen LogP contribution < -0.4 is 10.7 Å². The molecule has 0 spiro atoms. The first-order chi connectivity index (χ1) is 13.3. The van der Waals surface area contributed by atoms with Gasteiger partial charge in [0.2, 0.25) is 0 Å². The molecule has 0 unspecified atom stereocenters. The fourth-order valence-electron chi connectivity index (χ4n) is 2.57. The first-order valence-corrected chi connectivity index (χ1v) is 8.64. The van der Waals surface area contributed by atoms with Crippen LogP contribution in [0.15, 0.2) is 78.2 Å². The van der Waals surface area contributed by atoms with Crippen LogP contribution >= 0.6 is 11.6 Å². The Balaban J connectivity index is 1.62. The van der Waals surface area contributed by atoms with E-state index in [1.807, 2.05) is 60.7 Å². The number of hydrazone groups is 1. The molecule has 0 saturated heterocycles. The Morgan fingerprint density at radius 2 is 1.59 bits per heavy atom. The zero-order valence-electron chi connectivity index (χ0n) is 14.2. The summed E-state index contributed by atoms with van der Waals surface area (Å²) in [4.78, 5) is 4.05. The highest BCUT2D eigenvalue weighted by atomic mass is 35.5. The van der Waals surface area contributed by atoms with E-state index in [0.717, 1.165) is 22.0 Å². The van der Waals surface area contributed by atoms with Gasteiger partial charge in [-0.25, -0.2) is 0 Å². The van der Waals surface area contributed by atoms with Crippen molar-refractivity contribution >= 4 is 45.9 Å². The molecule has 2 N–H and O–H groups in total. The number of benzene rings is 2. The van der Waals surface area contributed by atoms with Crippen molar-refractivity contribution in [1.29, 1.82) is 0 Å². The fraction of sp³-hybridized carbons (Fsp3) is 0. The van der Waals surface area contributed by atoms with Gasteiger partial charge in [0.25, 0.3) is 0 Å². The second-order valence-corrected chi connectivity index (χ2v) is 6.17. The number of hydrogen-bond donors (Lipinski definition) is 2. The molecule has 0 bridgehead atoms. The van der Waals surface area contributed by atoms with E-state index >= 15 is 0 Å². The minimum Gasteiger partial charge on any atom is -0.338 e. The second kappa shape index (κ2) is 7.80. The van der Waals surface area contributed by atoms with Crippen molar-refractivity contribution in [3.05, 3.63) is 83.6 Å². The molecule has 2 heterocycles. The molecular formula is C20H15ClN6. The van der Waals surface area contributed by atoms with Crippen molar-refractivity contribution in [2.45, 2.75) is 0 Å². The molecule has 27 heavy (non-hydrogen) atoms. The number of hydrogen-bond acceptors (Lipinski definition) is 6. The summed E-state index contributed by atoms with van der Waals surface area (Å²) in [5, 5.41) is 18.6. The molecule has 2 aromatic heterocycles. The lowest BCUT2D eigenvalue weighted by atomic mass is 10.1. The van der Waals surface area contributed by atoms with Gasteiger partial charge in [0.05, 0.1) is 6.21 Å². The van der Waals surface area contributed by atoms with Crippen LogP contribution in [0.25, 0.3) is 10.8 Å². The maximum absolute atomic E-state index is 5.94. The summed E-state index contributed by atoms with van der Waals surface area (Å²) in [5.41, 5.74) is 4.73. The van der Waals surface area contributed by atoms with E-state index in [9.17, 15) is 0 Å². The third kappa shape index (κ3) is 4.02. The van der Waals surface area contributed by atoms with Crippen LogP contribution in [0.5, 0.6) is 0 Å². The molecule has 4 rings (SSSR count). The van der Waals surface area contributed by atoms with Gasteiger partial charge in [-0.1, -0.05) is 41.9 Å². The smallest absolute Gasteiger partial charge is 0.176 e. The largest absolute Gasteiger partial charge is 0.338 e. The monoisotopic (exact) mass is 374 g/mol. The highest BCUT2D eigenvalue weighted by Gasteiger charge is 2.08. The molecule has 0 radical (unpaired) electrons. The summed E-state index contributed by atoms with van der Waals surface area (Å²) in [6, 6.07) is 19.1. The van der Waals surface area contributed by atoms with Crippen molar-refractivity contribution in [2.24, 2.45) is 5.10 Å². The quantitative estimate of drug-likeness (QED) is 0.385. The van der Waals surface area contributed by atoms with Gasteiger partial charge in [-0.15, -0.1) is 10.2 Å². The van der Waals surface area contributed by atoms with Crippen molar-refractivity contribution in [2.75, 3.05) is 10.7 Å². The molecule has 0 fully saturated rings. The topological polar surface area (TPSA) is 75.1 Å². The first-order valence-electron chi connectivity index (χ1n) is 8.27. The first kappa shape index (κ1) is 16.9. The molecule has 2 aromatic carbocycles. The molecule has 0 amide bonds. The molecule has 7 heteroatoms. The summed E-state index contributed by atoms with van der Waals surface area (Å²) < 4.78 is 0. The Morgan fingerprint density at radius 1 is 0.852 bits per heavy atom. The Bertz CT molecular complexity index is 1080. The van der Waals surface area contributed by atoms with Crippen molar-refractivity contribution < 1.29 is 0 Å². The zero-order valence-corrected chi connectivity index (χ0v) is 14.9. The molecule has 132 valence electrons. The summed E-state index contributed by atoms with van der Waals surface area (Å²) in [7, 11) is 0. The van der Waals surface area contributed by atoms with Gasteiger partial charge in [-0.3, -0.25) is 10.4 Å². The standard InChI is InChI=1S/C20H15ClN6/c21-15-7-9-16(10-8-15)24-19-17-5-1-2-6-18(17)20(27-26-19)25-23-13-14-4-3-11-22-12-14/h1-13H,(H,24,26)(H,25,27)/b23-13+. The Kier molecular flexibility index (Phi) is 4.89. The van der Waals surface area contributed by atoms with Gasteiger partial charge in [0.1, 0.15) is 0 Å². The predicted molar refractivity (Wildman–Crippen MR) is 110 cm³/mol. The van der Waals surface area contributed by atoms with Gasteiger partial charge in [0.15, 0.2) is 11.6 Å². The normalized spacial score (nSPS) is 11.0. The van der Waals surface area contributed by atoms with E-state index in [4.69, 9.17) is 11.6 Å². The number of fused-ring (bicyclic) bond motifs is 1. The fourth-order valence-corrected chi connectivity index (χ4v) is 2.69. The molecule has 6 nitrogen and oxygen atoms in total. The molecule has 0 saturated carbocycles. The lowest BCUT2D eigenvalue weighted by molar-refractivity contribution is 1.04. The predicted octanol–water partition coefficient (Wildman–Crippen LogP) is 4.87. The molecule has 0 aliphatic heterocycles. The van der Waals surface area contributed by atoms with E-state index in [2.05, 4.69) is 31.0 Å². The van der Waals surface area contributed by atoms with Crippen LogP contribution in [0, 0.1) is 0 Å². The SMILES string of the molecule is Clc1ccc(Nc2nnc(N/N=C/c3cccnc3)c3ccccc23)cc1.